The molecule has 1 aromatic carbocycles. The molecule has 1 aliphatic rings. The molecule has 1 amide bonds. The van der Waals surface area contributed by atoms with Crippen LogP contribution in [0.3, 0.4) is 0 Å². The summed E-state index contributed by atoms with van der Waals surface area (Å²) >= 11 is 0. The van der Waals surface area contributed by atoms with Gasteiger partial charge in [0.25, 0.3) is 0 Å². The maximum absolute atomic E-state index is 11.8. The summed E-state index contributed by atoms with van der Waals surface area (Å²) in [6.07, 6.45) is 1.89. The monoisotopic (exact) mass is 262 g/mol. The Hall–Kier alpha value is -1.55. The van der Waals surface area contributed by atoms with Crippen molar-refractivity contribution in [3.8, 4) is 5.75 Å². The molecule has 1 heterocycles. The van der Waals surface area contributed by atoms with Crippen LogP contribution in [0.1, 0.15) is 18.1 Å². The lowest BCUT2D eigenvalue weighted by molar-refractivity contribution is -0.128. The Morgan fingerprint density at radius 3 is 3.11 bits per heavy atom. The highest BCUT2D eigenvalue weighted by atomic mass is 16.5. The highest BCUT2D eigenvalue weighted by Crippen LogP contribution is 2.25. The number of ether oxygens (including phenoxy) is 1. The number of nitrogens with zero attached hydrogens (tertiary/aromatic N) is 1. The standard InChI is InChI=1S/C15H22N2O2/c1-3-16-11-15(18)17(2)8-6-12-4-5-14-13(10-12)7-9-19-14/h4-5,10,16H,3,6-9,11H2,1-2H3. The van der Waals surface area contributed by atoms with Gasteiger partial charge in [-0.1, -0.05) is 19.1 Å². The molecule has 2 rings (SSSR count). The lowest BCUT2D eigenvalue weighted by Gasteiger charge is -2.17. The zero-order chi connectivity index (χ0) is 13.7. The Bertz CT molecular complexity index is 446. The van der Waals surface area contributed by atoms with Gasteiger partial charge in [0.2, 0.25) is 5.91 Å². The van der Waals surface area contributed by atoms with Crippen molar-refractivity contribution in [1.82, 2.24) is 10.2 Å². The Labute approximate surface area is 114 Å². The second kappa shape index (κ2) is 6.57. The van der Waals surface area contributed by atoms with Crippen molar-refractivity contribution >= 4 is 5.91 Å². The third-order valence-electron chi connectivity index (χ3n) is 3.44. The van der Waals surface area contributed by atoms with Crippen molar-refractivity contribution in [2.75, 3.05) is 33.3 Å². The molecule has 0 atom stereocenters. The summed E-state index contributed by atoms with van der Waals surface area (Å²) in [7, 11) is 1.86. The fraction of sp³-hybridized carbons (Fsp3) is 0.533. The first-order chi connectivity index (χ1) is 9.20. The van der Waals surface area contributed by atoms with Crippen LogP contribution in [-0.2, 0) is 17.6 Å². The van der Waals surface area contributed by atoms with E-state index >= 15 is 0 Å². The molecule has 0 spiro atoms. The normalized spacial score (nSPS) is 12.9. The number of likely N-dealkylation sites (N-methyl/N-ethyl adjacent to an activating group) is 2. The molecule has 1 aliphatic heterocycles. The molecule has 1 N–H and O–H groups in total. The van der Waals surface area contributed by atoms with E-state index in [2.05, 4.69) is 17.4 Å². The lowest BCUT2D eigenvalue weighted by Crippen LogP contribution is -2.36. The highest BCUT2D eigenvalue weighted by molar-refractivity contribution is 5.77. The number of fused-ring (bicyclic) bond motifs is 1. The minimum absolute atomic E-state index is 0.145. The fourth-order valence-electron chi connectivity index (χ4n) is 2.18. The van der Waals surface area contributed by atoms with Gasteiger partial charge in [-0.15, -0.1) is 0 Å². The quantitative estimate of drug-likeness (QED) is 0.838. The first-order valence-corrected chi connectivity index (χ1v) is 6.90. The van der Waals surface area contributed by atoms with Gasteiger partial charge in [0.1, 0.15) is 5.75 Å². The predicted octanol–water partition coefficient (Wildman–Crippen LogP) is 1.23. The van der Waals surface area contributed by atoms with Gasteiger partial charge >= 0.3 is 0 Å². The highest BCUT2D eigenvalue weighted by Gasteiger charge is 2.13. The van der Waals surface area contributed by atoms with Gasteiger partial charge in [0, 0.05) is 20.0 Å². The third-order valence-corrected chi connectivity index (χ3v) is 3.44. The van der Waals surface area contributed by atoms with E-state index in [-0.39, 0.29) is 5.91 Å². The molecule has 0 fully saturated rings. The number of hydrogen-bond acceptors (Lipinski definition) is 3. The summed E-state index contributed by atoms with van der Waals surface area (Å²) in [5.41, 5.74) is 2.56. The number of benzene rings is 1. The van der Waals surface area contributed by atoms with Gasteiger partial charge in [-0.3, -0.25) is 4.79 Å². The van der Waals surface area contributed by atoms with E-state index in [9.17, 15) is 4.79 Å². The molecule has 19 heavy (non-hydrogen) atoms. The van der Waals surface area contributed by atoms with E-state index in [1.165, 1.54) is 11.1 Å². The number of hydrogen-bond donors (Lipinski definition) is 1. The van der Waals surface area contributed by atoms with Crippen molar-refractivity contribution in [3.05, 3.63) is 29.3 Å². The van der Waals surface area contributed by atoms with Gasteiger partial charge in [0.05, 0.1) is 13.2 Å². The van der Waals surface area contributed by atoms with E-state index in [0.717, 1.165) is 38.3 Å². The smallest absolute Gasteiger partial charge is 0.236 e. The topological polar surface area (TPSA) is 41.6 Å². The van der Waals surface area contributed by atoms with E-state index in [1.807, 2.05) is 20.0 Å². The van der Waals surface area contributed by atoms with Crippen LogP contribution in [0, 0.1) is 0 Å². The van der Waals surface area contributed by atoms with Crippen LogP contribution in [0.25, 0.3) is 0 Å². The first-order valence-electron chi connectivity index (χ1n) is 6.90. The Kier molecular flexibility index (Phi) is 4.80. The number of carbonyl (C=O) groups excluding carboxylic acids is 1. The van der Waals surface area contributed by atoms with Gasteiger partial charge in [-0.2, -0.15) is 0 Å². The van der Waals surface area contributed by atoms with E-state index in [0.29, 0.717) is 6.54 Å². The molecule has 0 radical (unpaired) electrons. The van der Waals surface area contributed by atoms with Crippen LogP contribution in [0.2, 0.25) is 0 Å². The van der Waals surface area contributed by atoms with Gasteiger partial charge < -0.3 is 15.0 Å². The molecule has 4 heteroatoms. The Morgan fingerprint density at radius 2 is 2.32 bits per heavy atom. The van der Waals surface area contributed by atoms with Crippen molar-refractivity contribution in [1.29, 1.82) is 0 Å². The predicted molar refractivity (Wildman–Crippen MR) is 75.5 cm³/mol. The van der Waals surface area contributed by atoms with Crippen molar-refractivity contribution in [3.63, 3.8) is 0 Å². The van der Waals surface area contributed by atoms with Crippen LogP contribution >= 0.6 is 0 Å². The molecule has 1 aromatic rings. The minimum atomic E-state index is 0.145. The molecule has 0 aliphatic carbocycles. The van der Waals surface area contributed by atoms with Crippen LogP contribution in [0.5, 0.6) is 5.75 Å². The minimum Gasteiger partial charge on any atom is -0.493 e. The molecule has 0 saturated heterocycles. The van der Waals surface area contributed by atoms with Gasteiger partial charge in [0.15, 0.2) is 0 Å². The maximum Gasteiger partial charge on any atom is 0.236 e. The second-order valence-electron chi connectivity index (χ2n) is 4.89. The summed E-state index contributed by atoms with van der Waals surface area (Å²) in [5, 5.41) is 3.05. The summed E-state index contributed by atoms with van der Waals surface area (Å²) in [5.74, 6) is 1.16. The maximum atomic E-state index is 11.8. The molecular formula is C15H22N2O2. The lowest BCUT2D eigenvalue weighted by atomic mass is 10.1. The fourth-order valence-corrected chi connectivity index (χ4v) is 2.18. The van der Waals surface area contributed by atoms with Crippen LogP contribution < -0.4 is 10.1 Å². The second-order valence-corrected chi connectivity index (χ2v) is 4.89. The number of carbonyl (C=O) groups is 1. The summed E-state index contributed by atoms with van der Waals surface area (Å²) in [4.78, 5) is 13.5. The molecule has 0 unspecified atom stereocenters. The van der Waals surface area contributed by atoms with Crippen LogP contribution in [0.15, 0.2) is 18.2 Å². The molecule has 4 nitrogen and oxygen atoms in total. The molecule has 0 aromatic heterocycles. The third kappa shape index (κ3) is 3.70. The van der Waals surface area contributed by atoms with Crippen LogP contribution in [-0.4, -0.2) is 44.1 Å². The first kappa shape index (κ1) is 13.9. The SMILES string of the molecule is CCNCC(=O)N(C)CCc1ccc2c(c1)CCO2. The Morgan fingerprint density at radius 1 is 1.47 bits per heavy atom. The molecular weight excluding hydrogens is 240 g/mol. The largest absolute Gasteiger partial charge is 0.493 e. The molecule has 0 bridgehead atoms. The van der Waals surface area contributed by atoms with Crippen molar-refractivity contribution in [2.24, 2.45) is 0 Å². The zero-order valence-electron chi connectivity index (χ0n) is 11.7. The van der Waals surface area contributed by atoms with E-state index < -0.39 is 0 Å². The van der Waals surface area contributed by atoms with Crippen molar-refractivity contribution in [2.45, 2.75) is 19.8 Å². The number of rotatable bonds is 6. The molecule has 104 valence electrons. The van der Waals surface area contributed by atoms with Crippen LogP contribution in [0.4, 0.5) is 0 Å². The van der Waals surface area contributed by atoms with Crippen molar-refractivity contribution < 1.29 is 9.53 Å². The summed E-state index contributed by atoms with van der Waals surface area (Å²) in [6, 6.07) is 6.33. The number of nitrogens with one attached hydrogen (secondary N) is 1. The summed E-state index contributed by atoms with van der Waals surface area (Å²) in [6.45, 7) is 4.79. The average Bonchev–Trinajstić information content (AvgIpc) is 2.89. The average molecular weight is 262 g/mol. The van der Waals surface area contributed by atoms with Gasteiger partial charge in [-0.05, 0) is 30.2 Å². The Balaban J connectivity index is 1.83. The van der Waals surface area contributed by atoms with E-state index in [1.54, 1.807) is 4.90 Å². The van der Waals surface area contributed by atoms with Gasteiger partial charge in [-0.25, -0.2) is 0 Å². The van der Waals surface area contributed by atoms with E-state index in [4.69, 9.17) is 4.74 Å². The summed E-state index contributed by atoms with van der Waals surface area (Å²) < 4.78 is 5.49. The number of amides is 1. The molecule has 0 saturated carbocycles. The zero-order valence-corrected chi connectivity index (χ0v) is 11.7.